The zero-order valence-electron chi connectivity index (χ0n) is 9.64. The number of nitrogens with zero attached hydrogens (tertiary/aromatic N) is 1. The number of halogens is 1. The first-order chi connectivity index (χ1) is 8.58. The minimum absolute atomic E-state index is 0.0820. The van der Waals surface area contributed by atoms with Gasteiger partial charge in [0.2, 0.25) is 0 Å². The molecular weight excluding hydrogens is 316 g/mol. The van der Waals surface area contributed by atoms with Crippen LogP contribution in [0.3, 0.4) is 0 Å². The Labute approximate surface area is 117 Å². The fourth-order valence-electron chi connectivity index (χ4n) is 1.57. The number of rotatable bonds is 4. The van der Waals surface area contributed by atoms with Crippen LogP contribution in [-0.2, 0) is 6.54 Å². The molecule has 0 aliphatic carbocycles. The quantitative estimate of drug-likeness (QED) is 0.671. The molecule has 4 nitrogen and oxygen atoms in total. The van der Waals surface area contributed by atoms with Gasteiger partial charge in [0.1, 0.15) is 5.69 Å². The average Bonchev–Trinajstić information content (AvgIpc) is 2.73. The van der Waals surface area contributed by atoms with Gasteiger partial charge in [0, 0.05) is 22.0 Å². The van der Waals surface area contributed by atoms with E-state index in [4.69, 9.17) is 0 Å². The molecule has 0 aliphatic heterocycles. The maximum absolute atomic E-state index is 10.9. The molecule has 0 fully saturated rings. The Morgan fingerprint density at radius 2 is 2.22 bits per heavy atom. The molecule has 0 saturated heterocycles. The molecule has 0 radical (unpaired) electrons. The molecule has 18 heavy (non-hydrogen) atoms. The minimum Gasteiger partial charge on any atom is -0.375 e. The number of hydrogen-bond donors (Lipinski definition) is 1. The summed E-state index contributed by atoms with van der Waals surface area (Å²) >= 11 is 4.88. The molecule has 94 valence electrons. The zero-order valence-corrected chi connectivity index (χ0v) is 12.0. The van der Waals surface area contributed by atoms with E-state index in [9.17, 15) is 10.1 Å². The third kappa shape index (κ3) is 2.88. The van der Waals surface area contributed by atoms with Crippen molar-refractivity contribution in [3.8, 4) is 0 Å². The third-order valence-corrected chi connectivity index (χ3v) is 4.08. The standard InChI is InChI=1S/C12H11BrN2O2S/c1-8-4-5-18-12(8)7-14-10-3-2-9(13)6-11(10)15(16)17/h2-6,14H,7H2,1H3. The van der Waals surface area contributed by atoms with Crippen LogP contribution in [0.25, 0.3) is 0 Å². The minimum atomic E-state index is -0.381. The molecule has 0 bridgehead atoms. The van der Waals surface area contributed by atoms with Crippen LogP contribution in [0.2, 0.25) is 0 Å². The Bertz CT molecular complexity index is 583. The summed E-state index contributed by atoms with van der Waals surface area (Å²) in [6.45, 7) is 2.63. The molecule has 1 N–H and O–H groups in total. The van der Waals surface area contributed by atoms with Crippen LogP contribution in [0.15, 0.2) is 34.1 Å². The molecule has 1 aromatic heterocycles. The number of nitro benzene ring substituents is 1. The van der Waals surface area contributed by atoms with E-state index >= 15 is 0 Å². The van der Waals surface area contributed by atoms with Crippen molar-refractivity contribution >= 4 is 38.6 Å². The van der Waals surface area contributed by atoms with E-state index in [-0.39, 0.29) is 10.6 Å². The predicted molar refractivity (Wildman–Crippen MR) is 77.2 cm³/mol. The van der Waals surface area contributed by atoms with Crippen molar-refractivity contribution in [3.63, 3.8) is 0 Å². The number of benzene rings is 1. The Kier molecular flexibility index (Phi) is 3.98. The van der Waals surface area contributed by atoms with Crippen LogP contribution >= 0.6 is 27.3 Å². The predicted octanol–water partition coefficient (Wildman–Crippen LogP) is 4.34. The highest BCUT2D eigenvalue weighted by atomic mass is 79.9. The highest BCUT2D eigenvalue weighted by Gasteiger charge is 2.14. The Morgan fingerprint density at radius 1 is 1.44 bits per heavy atom. The second-order valence-corrected chi connectivity index (χ2v) is 5.72. The summed E-state index contributed by atoms with van der Waals surface area (Å²) in [6, 6.07) is 7.04. The van der Waals surface area contributed by atoms with Gasteiger partial charge in [0.25, 0.3) is 5.69 Å². The van der Waals surface area contributed by atoms with Crippen LogP contribution in [-0.4, -0.2) is 4.92 Å². The summed E-state index contributed by atoms with van der Waals surface area (Å²) < 4.78 is 0.701. The summed E-state index contributed by atoms with van der Waals surface area (Å²) in [5.74, 6) is 0. The maximum Gasteiger partial charge on any atom is 0.293 e. The number of aryl methyl sites for hydroxylation is 1. The van der Waals surface area contributed by atoms with E-state index in [2.05, 4.69) is 21.2 Å². The van der Waals surface area contributed by atoms with Crippen molar-refractivity contribution < 1.29 is 4.92 Å². The summed E-state index contributed by atoms with van der Waals surface area (Å²) in [5.41, 5.74) is 1.82. The molecule has 2 aromatic rings. The number of nitro groups is 1. The highest BCUT2D eigenvalue weighted by Crippen LogP contribution is 2.29. The molecule has 6 heteroatoms. The largest absolute Gasteiger partial charge is 0.375 e. The zero-order chi connectivity index (χ0) is 13.1. The van der Waals surface area contributed by atoms with Crippen LogP contribution in [0, 0.1) is 17.0 Å². The van der Waals surface area contributed by atoms with Gasteiger partial charge in [0.15, 0.2) is 0 Å². The van der Waals surface area contributed by atoms with Crippen LogP contribution in [0.1, 0.15) is 10.4 Å². The second kappa shape index (κ2) is 5.49. The number of thiophene rings is 1. The van der Waals surface area contributed by atoms with Crippen LogP contribution < -0.4 is 5.32 Å². The van der Waals surface area contributed by atoms with Crippen molar-refractivity contribution in [3.05, 3.63) is 54.7 Å². The third-order valence-electron chi connectivity index (χ3n) is 2.56. The molecule has 0 unspecified atom stereocenters. The number of anilines is 1. The lowest BCUT2D eigenvalue weighted by atomic mass is 10.2. The van der Waals surface area contributed by atoms with Gasteiger partial charge in [-0.2, -0.15) is 0 Å². The van der Waals surface area contributed by atoms with Crippen LogP contribution in [0.4, 0.5) is 11.4 Å². The van der Waals surface area contributed by atoms with Gasteiger partial charge < -0.3 is 5.32 Å². The lowest BCUT2D eigenvalue weighted by Gasteiger charge is -2.07. The van der Waals surface area contributed by atoms with Gasteiger partial charge >= 0.3 is 0 Å². The lowest BCUT2D eigenvalue weighted by Crippen LogP contribution is -2.02. The van der Waals surface area contributed by atoms with Gasteiger partial charge in [0.05, 0.1) is 4.92 Å². The summed E-state index contributed by atoms with van der Waals surface area (Å²) in [4.78, 5) is 11.8. The molecule has 0 amide bonds. The SMILES string of the molecule is Cc1ccsc1CNc1ccc(Br)cc1[N+](=O)[O-]. The van der Waals surface area contributed by atoms with Gasteiger partial charge in [-0.15, -0.1) is 11.3 Å². The van der Waals surface area contributed by atoms with Crippen molar-refractivity contribution in [2.75, 3.05) is 5.32 Å². The normalized spacial score (nSPS) is 10.3. The fraction of sp³-hybridized carbons (Fsp3) is 0.167. The molecule has 0 aliphatic rings. The van der Waals surface area contributed by atoms with Gasteiger partial charge in [-0.25, -0.2) is 0 Å². The van der Waals surface area contributed by atoms with E-state index in [0.29, 0.717) is 16.7 Å². The fourth-order valence-corrected chi connectivity index (χ4v) is 2.76. The van der Waals surface area contributed by atoms with Gasteiger partial charge in [-0.3, -0.25) is 10.1 Å². The van der Waals surface area contributed by atoms with E-state index in [0.717, 1.165) is 0 Å². The molecule has 0 saturated carbocycles. The van der Waals surface area contributed by atoms with Crippen molar-refractivity contribution in [1.82, 2.24) is 0 Å². The molecule has 1 heterocycles. The monoisotopic (exact) mass is 326 g/mol. The number of nitrogens with one attached hydrogen (secondary N) is 1. The van der Waals surface area contributed by atoms with E-state index in [1.54, 1.807) is 23.5 Å². The number of hydrogen-bond acceptors (Lipinski definition) is 4. The van der Waals surface area contributed by atoms with Crippen molar-refractivity contribution in [2.24, 2.45) is 0 Å². The smallest absolute Gasteiger partial charge is 0.293 e. The summed E-state index contributed by atoms with van der Waals surface area (Å²) in [6.07, 6.45) is 0. The van der Waals surface area contributed by atoms with E-state index in [1.165, 1.54) is 16.5 Å². The first-order valence-corrected chi connectivity index (χ1v) is 6.96. The van der Waals surface area contributed by atoms with E-state index < -0.39 is 0 Å². The molecule has 0 atom stereocenters. The van der Waals surface area contributed by atoms with Gasteiger partial charge in [-0.1, -0.05) is 15.9 Å². The molecular formula is C12H11BrN2O2S. The summed E-state index contributed by atoms with van der Waals surface area (Å²) in [5, 5.41) is 16.1. The van der Waals surface area contributed by atoms with Gasteiger partial charge in [-0.05, 0) is 36.1 Å². The Balaban J connectivity index is 2.19. The van der Waals surface area contributed by atoms with Crippen molar-refractivity contribution in [1.29, 1.82) is 0 Å². The van der Waals surface area contributed by atoms with Crippen molar-refractivity contribution in [2.45, 2.75) is 13.5 Å². The van der Waals surface area contributed by atoms with Crippen LogP contribution in [0.5, 0.6) is 0 Å². The first-order valence-electron chi connectivity index (χ1n) is 5.28. The second-order valence-electron chi connectivity index (χ2n) is 3.80. The lowest BCUT2D eigenvalue weighted by molar-refractivity contribution is -0.384. The maximum atomic E-state index is 10.9. The Hall–Kier alpha value is -1.40. The first kappa shape index (κ1) is 13.0. The molecule has 0 spiro atoms. The van der Waals surface area contributed by atoms with E-state index in [1.807, 2.05) is 18.4 Å². The highest BCUT2D eigenvalue weighted by molar-refractivity contribution is 9.10. The molecule has 1 aromatic carbocycles. The topological polar surface area (TPSA) is 55.2 Å². The summed E-state index contributed by atoms with van der Waals surface area (Å²) in [7, 11) is 0. The Morgan fingerprint density at radius 3 is 2.83 bits per heavy atom. The average molecular weight is 327 g/mol. The molecule has 2 rings (SSSR count).